The standard InChI is InChI=1S/C11H23NO3/c1-4-14-8-6-7-11(3,9-12)10(13)15-5-2/h4-9,12H2,1-3H3. The van der Waals surface area contributed by atoms with Gasteiger partial charge in [0.1, 0.15) is 0 Å². The molecule has 0 rings (SSSR count). The van der Waals surface area contributed by atoms with Crippen LogP contribution in [-0.2, 0) is 14.3 Å². The third kappa shape index (κ3) is 5.14. The van der Waals surface area contributed by atoms with Crippen LogP contribution in [-0.4, -0.2) is 32.3 Å². The van der Waals surface area contributed by atoms with Crippen LogP contribution >= 0.6 is 0 Å². The number of nitrogens with two attached hydrogens (primary N) is 1. The van der Waals surface area contributed by atoms with Crippen LogP contribution in [0.3, 0.4) is 0 Å². The smallest absolute Gasteiger partial charge is 0.313 e. The van der Waals surface area contributed by atoms with E-state index in [1.54, 1.807) is 6.92 Å². The number of carbonyl (C=O) groups is 1. The van der Waals surface area contributed by atoms with Crippen molar-refractivity contribution in [2.45, 2.75) is 33.6 Å². The normalized spacial score (nSPS) is 14.7. The molecular formula is C11H23NO3. The second-order valence-corrected chi connectivity index (χ2v) is 3.79. The van der Waals surface area contributed by atoms with E-state index in [2.05, 4.69) is 0 Å². The lowest BCUT2D eigenvalue weighted by atomic mass is 9.86. The molecule has 0 aromatic rings. The van der Waals surface area contributed by atoms with Gasteiger partial charge in [-0.25, -0.2) is 0 Å². The highest BCUT2D eigenvalue weighted by molar-refractivity contribution is 5.76. The van der Waals surface area contributed by atoms with E-state index < -0.39 is 5.41 Å². The second-order valence-electron chi connectivity index (χ2n) is 3.79. The Hall–Kier alpha value is -0.610. The fourth-order valence-electron chi connectivity index (χ4n) is 1.30. The molecule has 1 unspecified atom stereocenters. The predicted molar refractivity (Wildman–Crippen MR) is 59.5 cm³/mol. The van der Waals surface area contributed by atoms with E-state index in [4.69, 9.17) is 15.2 Å². The number of carbonyl (C=O) groups excluding carboxylic acids is 1. The van der Waals surface area contributed by atoms with Crippen molar-refractivity contribution in [3.8, 4) is 0 Å². The van der Waals surface area contributed by atoms with Crippen molar-refractivity contribution in [3.63, 3.8) is 0 Å². The average molecular weight is 217 g/mol. The largest absolute Gasteiger partial charge is 0.466 e. The predicted octanol–water partition coefficient (Wildman–Crippen LogP) is 1.33. The van der Waals surface area contributed by atoms with Crippen molar-refractivity contribution in [1.82, 2.24) is 0 Å². The zero-order chi connectivity index (χ0) is 11.7. The molecule has 15 heavy (non-hydrogen) atoms. The van der Waals surface area contributed by atoms with Crippen LogP contribution in [0.15, 0.2) is 0 Å². The molecule has 4 heteroatoms. The summed E-state index contributed by atoms with van der Waals surface area (Å²) >= 11 is 0. The minimum absolute atomic E-state index is 0.205. The monoisotopic (exact) mass is 217 g/mol. The highest BCUT2D eigenvalue weighted by Crippen LogP contribution is 2.23. The number of rotatable bonds is 8. The van der Waals surface area contributed by atoms with E-state index in [1.165, 1.54) is 0 Å². The van der Waals surface area contributed by atoms with Gasteiger partial charge in [-0.3, -0.25) is 4.79 Å². The Balaban J connectivity index is 4.00. The Morgan fingerprint density at radius 2 is 2.00 bits per heavy atom. The molecule has 0 heterocycles. The maximum absolute atomic E-state index is 11.6. The molecule has 0 bridgehead atoms. The van der Waals surface area contributed by atoms with Gasteiger partial charge in [0.25, 0.3) is 0 Å². The first-order chi connectivity index (χ1) is 7.10. The maximum atomic E-state index is 11.6. The summed E-state index contributed by atoms with van der Waals surface area (Å²) in [7, 11) is 0. The molecule has 0 fully saturated rings. The van der Waals surface area contributed by atoms with E-state index >= 15 is 0 Å². The number of ether oxygens (including phenoxy) is 2. The van der Waals surface area contributed by atoms with Gasteiger partial charge in [0.2, 0.25) is 0 Å². The first-order valence-corrected chi connectivity index (χ1v) is 5.55. The summed E-state index contributed by atoms with van der Waals surface area (Å²) in [6, 6.07) is 0. The molecule has 4 nitrogen and oxygen atoms in total. The molecule has 0 saturated heterocycles. The van der Waals surface area contributed by atoms with Crippen molar-refractivity contribution in [1.29, 1.82) is 0 Å². The fraction of sp³-hybridized carbons (Fsp3) is 0.909. The number of hydrogen-bond donors (Lipinski definition) is 1. The van der Waals surface area contributed by atoms with Crippen molar-refractivity contribution in [3.05, 3.63) is 0 Å². The van der Waals surface area contributed by atoms with Crippen molar-refractivity contribution < 1.29 is 14.3 Å². The van der Waals surface area contributed by atoms with Crippen LogP contribution in [0.4, 0.5) is 0 Å². The van der Waals surface area contributed by atoms with Gasteiger partial charge in [0.05, 0.1) is 12.0 Å². The summed E-state index contributed by atoms with van der Waals surface area (Å²) in [5, 5.41) is 0. The molecule has 1 atom stereocenters. The van der Waals surface area contributed by atoms with Crippen LogP contribution in [0.1, 0.15) is 33.6 Å². The Bertz CT molecular complexity index is 185. The van der Waals surface area contributed by atoms with Crippen LogP contribution in [0.2, 0.25) is 0 Å². The average Bonchev–Trinajstić information content (AvgIpc) is 2.24. The van der Waals surface area contributed by atoms with Gasteiger partial charge < -0.3 is 15.2 Å². The molecule has 0 aliphatic carbocycles. The van der Waals surface area contributed by atoms with E-state index in [0.717, 1.165) is 6.42 Å². The molecule has 0 aromatic carbocycles. The van der Waals surface area contributed by atoms with Gasteiger partial charge in [-0.1, -0.05) is 0 Å². The highest BCUT2D eigenvalue weighted by atomic mass is 16.5. The first-order valence-electron chi connectivity index (χ1n) is 5.55. The fourth-order valence-corrected chi connectivity index (χ4v) is 1.30. The van der Waals surface area contributed by atoms with Gasteiger partial charge in [-0.2, -0.15) is 0 Å². The molecule has 2 N–H and O–H groups in total. The van der Waals surface area contributed by atoms with Crippen LogP contribution in [0.5, 0.6) is 0 Å². The molecule has 0 aliphatic rings. The lowest BCUT2D eigenvalue weighted by molar-refractivity contribution is -0.154. The highest BCUT2D eigenvalue weighted by Gasteiger charge is 2.32. The lowest BCUT2D eigenvalue weighted by Crippen LogP contribution is -2.37. The summed E-state index contributed by atoms with van der Waals surface area (Å²) in [5.41, 5.74) is 5.05. The van der Waals surface area contributed by atoms with E-state index in [-0.39, 0.29) is 5.97 Å². The Kier molecular flexibility index (Phi) is 7.34. The quantitative estimate of drug-likeness (QED) is 0.492. The van der Waals surface area contributed by atoms with Gasteiger partial charge >= 0.3 is 5.97 Å². The third-order valence-corrected chi connectivity index (χ3v) is 2.44. The maximum Gasteiger partial charge on any atom is 0.313 e. The van der Waals surface area contributed by atoms with Gasteiger partial charge in [0, 0.05) is 19.8 Å². The Morgan fingerprint density at radius 1 is 1.33 bits per heavy atom. The summed E-state index contributed by atoms with van der Waals surface area (Å²) < 4.78 is 10.2. The van der Waals surface area contributed by atoms with Gasteiger partial charge in [0.15, 0.2) is 0 Å². The molecule has 0 aliphatic heterocycles. The second kappa shape index (κ2) is 7.65. The summed E-state index contributed by atoms with van der Waals surface area (Å²) in [5.74, 6) is -0.205. The lowest BCUT2D eigenvalue weighted by Gasteiger charge is -2.25. The van der Waals surface area contributed by atoms with E-state index in [9.17, 15) is 4.79 Å². The number of esters is 1. The first kappa shape index (κ1) is 14.4. The van der Waals surface area contributed by atoms with Crippen LogP contribution in [0.25, 0.3) is 0 Å². The van der Waals surface area contributed by atoms with Crippen LogP contribution in [0, 0.1) is 5.41 Å². The molecule has 0 radical (unpaired) electrons. The molecular weight excluding hydrogens is 194 g/mol. The van der Waals surface area contributed by atoms with Crippen LogP contribution < -0.4 is 5.73 Å². The Labute approximate surface area is 92.1 Å². The summed E-state index contributed by atoms with van der Waals surface area (Å²) in [6.07, 6.45) is 1.54. The zero-order valence-corrected chi connectivity index (χ0v) is 10.0. The zero-order valence-electron chi connectivity index (χ0n) is 10.0. The van der Waals surface area contributed by atoms with Gasteiger partial charge in [-0.15, -0.1) is 0 Å². The molecule has 0 spiro atoms. The molecule has 0 saturated carbocycles. The minimum Gasteiger partial charge on any atom is -0.466 e. The van der Waals surface area contributed by atoms with Crippen molar-refractivity contribution in [2.24, 2.45) is 11.1 Å². The summed E-state index contributed by atoms with van der Waals surface area (Å²) in [6.45, 7) is 7.70. The molecule has 90 valence electrons. The molecule has 0 amide bonds. The summed E-state index contributed by atoms with van der Waals surface area (Å²) in [4.78, 5) is 11.6. The van der Waals surface area contributed by atoms with E-state index in [1.807, 2.05) is 13.8 Å². The van der Waals surface area contributed by atoms with E-state index in [0.29, 0.717) is 32.8 Å². The van der Waals surface area contributed by atoms with Crippen molar-refractivity contribution >= 4 is 5.97 Å². The van der Waals surface area contributed by atoms with Gasteiger partial charge in [-0.05, 0) is 33.6 Å². The Morgan fingerprint density at radius 3 is 2.47 bits per heavy atom. The molecule has 0 aromatic heterocycles. The van der Waals surface area contributed by atoms with Crippen molar-refractivity contribution in [2.75, 3.05) is 26.4 Å². The topological polar surface area (TPSA) is 61.5 Å². The SMILES string of the molecule is CCOCCCC(C)(CN)C(=O)OCC. The third-order valence-electron chi connectivity index (χ3n) is 2.44. The minimum atomic E-state index is -0.562. The number of hydrogen-bond acceptors (Lipinski definition) is 4.